The van der Waals surface area contributed by atoms with Crippen LogP contribution in [0.5, 0.6) is 0 Å². The molecule has 2 rings (SSSR count). The van der Waals surface area contributed by atoms with Crippen LogP contribution >= 0.6 is 11.8 Å². The van der Waals surface area contributed by atoms with Gasteiger partial charge in [-0.05, 0) is 6.92 Å². The summed E-state index contributed by atoms with van der Waals surface area (Å²) in [5, 5.41) is 0.0678. The van der Waals surface area contributed by atoms with Crippen molar-refractivity contribution in [3.63, 3.8) is 0 Å². The van der Waals surface area contributed by atoms with Crippen LogP contribution in [0.2, 0.25) is 0 Å². The minimum absolute atomic E-state index is 0.229. The van der Waals surface area contributed by atoms with Crippen LogP contribution in [0.1, 0.15) is 19.7 Å². The molecule has 0 saturated carbocycles. The Bertz CT molecular complexity index is 887. The van der Waals surface area contributed by atoms with Crippen molar-refractivity contribution in [3.05, 3.63) is 26.7 Å². The lowest BCUT2D eigenvalue weighted by Crippen LogP contribution is -2.38. The number of hydrogen-bond donors (Lipinski definition) is 0. The summed E-state index contributed by atoms with van der Waals surface area (Å²) in [5.41, 5.74) is -0.671. The Balaban J connectivity index is 2.80. The van der Waals surface area contributed by atoms with Crippen molar-refractivity contribution < 1.29 is 9.53 Å². The average Bonchev–Trinajstić information content (AvgIpc) is 2.56. The summed E-state index contributed by atoms with van der Waals surface area (Å²) in [6.45, 7) is 3.54. The van der Waals surface area contributed by atoms with Crippen molar-refractivity contribution >= 4 is 28.8 Å². The molecule has 0 amide bonds. The maximum atomic E-state index is 12.5. The first-order valence-electron chi connectivity index (χ1n) is 7.02. The Hall–Kier alpha value is -2.16. The fourth-order valence-electron chi connectivity index (χ4n) is 2.10. The van der Waals surface area contributed by atoms with Gasteiger partial charge in [0.05, 0.1) is 7.11 Å². The van der Waals surface area contributed by atoms with Gasteiger partial charge in [-0.1, -0.05) is 18.7 Å². The minimum Gasteiger partial charge on any atom is -0.468 e. The number of aromatic nitrogens is 4. The monoisotopic (exact) mass is 338 g/mol. The Kier molecular flexibility index (Phi) is 4.88. The van der Waals surface area contributed by atoms with Gasteiger partial charge in [0, 0.05) is 20.5 Å². The predicted octanol–water partition coefficient (Wildman–Crippen LogP) is 0.243. The fourth-order valence-corrected chi connectivity index (χ4v) is 3.08. The number of ether oxygens (including phenoxy) is 1. The van der Waals surface area contributed by atoms with Gasteiger partial charge in [0.2, 0.25) is 0 Å². The van der Waals surface area contributed by atoms with Crippen LogP contribution in [0.3, 0.4) is 0 Å². The quantitative estimate of drug-likeness (QED) is 0.448. The summed E-state index contributed by atoms with van der Waals surface area (Å²) < 4.78 is 7.02. The van der Waals surface area contributed by atoms with Gasteiger partial charge in [0.25, 0.3) is 5.56 Å². The van der Waals surface area contributed by atoms with Crippen molar-refractivity contribution in [1.29, 1.82) is 0 Å². The molecule has 9 heteroatoms. The first-order chi connectivity index (χ1) is 10.8. The number of thioether (sulfide) groups is 1. The van der Waals surface area contributed by atoms with Crippen LogP contribution in [-0.4, -0.2) is 37.4 Å². The zero-order valence-electron chi connectivity index (χ0n) is 13.6. The molecule has 0 aromatic carbocycles. The maximum Gasteiger partial charge on any atom is 0.332 e. The molecule has 0 unspecified atom stereocenters. The lowest BCUT2D eigenvalue weighted by atomic mass is 10.3. The number of fused-ring (bicyclic) bond motifs is 1. The van der Waals surface area contributed by atoms with E-state index in [0.29, 0.717) is 17.3 Å². The van der Waals surface area contributed by atoms with Gasteiger partial charge < -0.3 is 4.74 Å². The highest BCUT2D eigenvalue weighted by Crippen LogP contribution is 2.26. The molecule has 0 aliphatic rings. The molecule has 0 radical (unpaired) electrons. The van der Waals surface area contributed by atoms with Gasteiger partial charge in [-0.15, -0.1) is 0 Å². The first-order valence-corrected chi connectivity index (χ1v) is 7.90. The topological polar surface area (TPSA) is 96.1 Å². The SMILES string of the molecule is CCc1nc(S[C@H](C)C(=O)OC)c2c(=O)n(C)c(=O)n(C)c2n1. The lowest BCUT2D eigenvalue weighted by molar-refractivity contribution is -0.139. The van der Waals surface area contributed by atoms with E-state index in [4.69, 9.17) is 4.74 Å². The van der Waals surface area contributed by atoms with Gasteiger partial charge in [-0.2, -0.15) is 0 Å². The molecule has 0 bridgehead atoms. The van der Waals surface area contributed by atoms with Crippen LogP contribution in [0.15, 0.2) is 14.6 Å². The summed E-state index contributed by atoms with van der Waals surface area (Å²) in [7, 11) is 4.25. The van der Waals surface area contributed by atoms with Crippen molar-refractivity contribution in [2.45, 2.75) is 30.5 Å². The number of esters is 1. The van der Waals surface area contributed by atoms with Crippen molar-refractivity contribution in [3.8, 4) is 0 Å². The molecular formula is C14H18N4O4S. The molecule has 8 nitrogen and oxygen atoms in total. The Morgan fingerprint density at radius 1 is 1.26 bits per heavy atom. The van der Waals surface area contributed by atoms with E-state index in [9.17, 15) is 14.4 Å². The van der Waals surface area contributed by atoms with Gasteiger partial charge in [0.15, 0.2) is 5.65 Å². The minimum atomic E-state index is -0.537. The normalized spacial score (nSPS) is 12.4. The Morgan fingerprint density at radius 3 is 2.48 bits per heavy atom. The standard InChI is InChI=1S/C14H18N4O4S/c1-6-8-15-10-9(12(19)18(4)14(21)17(10)3)11(16-8)23-7(2)13(20)22-5/h7H,6H2,1-5H3/t7-/m1/s1. The molecule has 2 aromatic heterocycles. The number of methoxy groups -OCH3 is 1. The average molecular weight is 338 g/mol. The fraction of sp³-hybridized carbons (Fsp3) is 0.500. The number of rotatable bonds is 4. The molecule has 124 valence electrons. The molecule has 2 heterocycles. The summed E-state index contributed by atoms with van der Waals surface area (Å²) in [6.07, 6.45) is 0.541. The number of aryl methyl sites for hydroxylation is 2. The molecule has 0 saturated heterocycles. The van der Waals surface area contributed by atoms with E-state index in [2.05, 4.69) is 9.97 Å². The van der Waals surface area contributed by atoms with E-state index in [1.54, 1.807) is 14.0 Å². The van der Waals surface area contributed by atoms with Gasteiger partial charge in [-0.25, -0.2) is 14.8 Å². The van der Waals surface area contributed by atoms with Gasteiger partial charge in [-0.3, -0.25) is 18.7 Å². The number of nitrogens with zero attached hydrogens (tertiary/aromatic N) is 4. The van der Waals surface area contributed by atoms with Crippen molar-refractivity contribution in [2.24, 2.45) is 14.1 Å². The largest absolute Gasteiger partial charge is 0.468 e. The summed E-state index contributed by atoms with van der Waals surface area (Å²) in [6, 6.07) is 0. The van der Waals surface area contributed by atoms with Gasteiger partial charge in [0.1, 0.15) is 21.5 Å². The summed E-state index contributed by atoms with van der Waals surface area (Å²) in [4.78, 5) is 44.9. The molecule has 1 atom stereocenters. The molecule has 2 aromatic rings. The number of hydrogen-bond acceptors (Lipinski definition) is 7. The third-order valence-electron chi connectivity index (χ3n) is 3.45. The molecule has 0 spiro atoms. The van der Waals surface area contributed by atoms with Crippen LogP contribution in [0.25, 0.3) is 11.0 Å². The second-order valence-electron chi connectivity index (χ2n) is 4.99. The van der Waals surface area contributed by atoms with E-state index >= 15 is 0 Å². The highest BCUT2D eigenvalue weighted by molar-refractivity contribution is 8.00. The van der Waals surface area contributed by atoms with Crippen LogP contribution in [0.4, 0.5) is 0 Å². The molecule has 0 fully saturated rings. The summed E-state index contributed by atoms with van der Waals surface area (Å²) in [5.74, 6) is 0.0850. The smallest absolute Gasteiger partial charge is 0.332 e. The zero-order valence-corrected chi connectivity index (χ0v) is 14.4. The third-order valence-corrected chi connectivity index (χ3v) is 4.52. The van der Waals surface area contributed by atoms with E-state index in [-0.39, 0.29) is 11.0 Å². The highest BCUT2D eigenvalue weighted by atomic mass is 32.2. The second kappa shape index (κ2) is 6.53. The molecular weight excluding hydrogens is 320 g/mol. The lowest BCUT2D eigenvalue weighted by Gasteiger charge is -2.13. The first kappa shape index (κ1) is 17.2. The maximum absolute atomic E-state index is 12.5. The van der Waals surface area contributed by atoms with Crippen molar-refractivity contribution in [2.75, 3.05) is 7.11 Å². The van der Waals surface area contributed by atoms with Crippen LogP contribution in [-0.2, 0) is 30.0 Å². The number of carbonyl (C=O) groups is 1. The Morgan fingerprint density at radius 2 is 1.91 bits per heavy atom. The zero-order chi connectivity index (χ0) is 17.3. The van der Waals surface area contributed by atoms with E-state index in [0.717, 1.165) is 16.3 Å². The molecule has 0 aliphatic heterocycles. The molecule has 0 N–H and O–H groups in total. The van der Waals surface area contributed by atoms with Crippen molar-refractivity contribution in [1.82, 2.24) is 19.1 Å². The van der Waals surface area contributed by atoms with E-state index in [1.165, 1.54) is 18.7 Å². The second-order valence-corrected chi connectivity index (χ2v) is 6.32. The highest BCUT2D eigenvalue weighted by Gasteiger charge is 2.22. The van der Waals surface area contributed by atoms with Crippen LogP contribution in [0, 0.1) is 0 Å². The van der Waals surface area contributed by atoms with Crippen LogP contribution < -0.4 is 11.2 Å². The Labute approximate surface area is 136 Å². The van der Waals surface area contributed by atoms with Gasteiger partial charge >= 0.3 is 11.7 Å². The van der Waals surface area contributed by atoms with E-state index in [1.807, 2.05) is 6.92 Å². The summed E-state index contributed by atoms with van der Waals surface area (Å²) >= 11 is 1.12. The number of carbonyl (C=O) groups excluding carboxylic acids is 1. The third kappa shape index (κ3) is 3.00. The molecule has 0 aliphatic carbocycles. The van der Waals surface area contributed by atoms with E-state index < -0.39 is 22.5 Å². The molecule has 23 heavy (non-hydrogen) atoms. The predicted molar refractivity (Wildman–Crippen MR) is 86.7 cm³/mol.